The molecule has 1 unspecified atom stereocenters. The molecule has 96 valence electrons. The van der Waals surface area contributed by atoms with Gasteiger partial charge in [-0.1, -0.05) is 12.1 Å². The van der Waals surface area contributed by atoms with E-state index in [2.05, 4.69) is 0 Å². The van der Waals surface area contributed by atoms with E-state index >= 15 is 0 Å². The molecule has 0 radical (unpaired) electrons. The van der Waals surface area contributed by atoms with Crippen molar-refractivity contribution in [2.45, 2.75) is 45.9 Å². The minimum Gasteiger partial charge on any atom is -0.388 e. The first-order valence-electron chi connectivity index (χ1n) is 5.53. The van der Waals surface area contributed by atoms with Gasteiger partial charge >= 0.3 is 6.18 Å². The first-order chi connectivity index (χ1) is 7.70. The standard InChI is InChI=1S/C13H17F3O/c1-8-6-10(3)11(7-9(8)2)12(17)4-5-13(14,15)16/h6-7,12,17H,4-5H2,1-3H3. The van der Waals surface area contributed by atoms with Gasteiger partial charge in [0, 0.05) is 6.42 Å². The summed E-state index contributed by atoms with van der Waals surface area (Å²) in [4.78, 5) is 0. The summed E-state index contributed by atoms with van der Waals surface area (Å²) < 4.78 is 36.2. The van der Waals surface area contributed by atoms with Crippen molar-refractivity contribution in [1.29, 1.82) is 0 Å². The second kappa shape index (κ2) is 5.08. The van der Waals surface area contributed by atoms with E-state index in [4.69, 9.17) is 0 Å². The Balaban J connectivity index is 2.82. The largest absolute Gasteiger partial charge is 0.389 e. The smallest absolute Gasteiger partial charge is 0.388 e. The molecule has 1 aromatic rings. The molecule has 0 fully saturated rings. The Morgan fingerprint density at radius 2 is 1.59 bits per heavy atom. The van der Waals surface area contributed by atoms with Gasteiger partial charge in [0.25, 0.3) is 0 Å². The van der Waals surface area contributed by atoms with Crippen LogP contribution >= 0.6 is 0 Å². The Hall–Kier alpha value is -1.03. The van der Waals surface area contributed by atoms with Crippen LogP contribution in [-0.2, 0) is 0 Å². The fraction of sp³-hybridized carbons (Fsp3) is 0.538. The van der Waals surface area contributed by atoms with Crippen LogP contribution in [0.25, 0.3) is 0 Å². The van der Waals surface area contributed by atoms with E-state index in [-0.39, 0.29) is 6.42 Å². The van der Waals surface area contributed by atoms with Gasteiger partial charge < -0.3 is 5.11 Å². The molecule has 0 aliphatic carbocycles. The Bertz CT molecular complexity index is 396. The SMILES string of the molecule is Cc1cc(C)c(C(O)CCC(F)(F)F)cc1C. The summed E-state index contributed by atoms with van der Waals surface area (Å²) in [7, 11) is 0. The van der Waals surface area contributed by atoms with Crippen LogP contribution in [0.2, 0.25) is 0 Å². The molecule has 0 amide bonds. The molecule has 1 nitrogen and oxygen atoms in total. The van der Waals surface area contributed by atoms with E-state index in [1.807, 2.05) is 19.9 Å². The molecule has 0 spiro atoms. The summed E-state index contributed by atoms with van der Waals surface area (Å²) in [5.41, 5.74) is 3.49. The molecule has 1 aromatic carbocycles. The first kappa shape index (κ1) is 14.0. The number of rotatable bonds is 3. The van der Waals surface area contributed by atoms with Crippen molar-refractivity contribution in [1.82, 2.24) is 0 Å². The van der Waals surface area contributed by atoms with Crippen LogP contribution in [0.5, 0.6) is 0 Å². The minimum atomic E-state index is -4.21. The van der Waals surface area contributed by atoms with Gasteiger partial charge in [0.2, 0.25) is 0 Å². The van der Waals surface area contributed by atoms with Crippen LogP contribution < -0.4 is 0 Å². The van der Waals surface area contributed by atoms with Crippen LogP contribution in [0.1, 0.15) is 41.2 Å². The molecule has 1 rings (SSSR count). The fourth-order valence-electron chi connectivity index (χ4n) is 1.80. The van der Waals surface area contributed by atoms with Gasteiger partial charge in [-0.05, 0) is 49.4 Å². The van der Waals surface area contributed by atoms with Crippen molar-refractivity contribution < 1.29 is 18.3 Å². The van der Waals surface area contributed by atoms with Gasteiger partial charge in [0.05, 0.1) is 6.10 Å². The van der Waals surface area contributed by atoms with Crippen LogP contribution in [0.3, 0.4) is 0 Å². The van der Waals surface area contributed by atoms with Gasteiger partial charge in [0.15, 0.2) is 0 Å². The topological polar surface area (TPSA) is 20.2 Å². The monoisotopic (exact) mass is 246 g/mol. The average molecular weight is 246 g/mol. The number of aryl methyl sites for hydroxylation is 3. The number of hydrogen-bond acceptors (Lipinski definition) is 1. The highest BCUT2D eigenvalue weighted by molar-refractivity contribution is 5.37. The van der Waals surface area contributed by atoms with Gasteiger partial charge in [-0.3, -0.25) is 0 Å². The Labute approximate surface area is 99.3 Å². The average Bonchev–Trinajstić information content (AvgIpc) is 2.19. The lowest BCUT2D eigenvalue weighted by molar-refractivity contribution is -0.140. The van der Waals surface area contributed by atoms with Gasteiger partial charge in [0.1, 0.15) is 0 Å². The van der Waals surface area contributed by atoms with Crippen molar-refractivity contribution in [3.63, 3.8) is 0 Å². The Kier molecular flexibility index (Phi) is 4.20. The number of hydrogen-bond donors (Lipinski definition) is 1. The molecule has 1 atom stereocenters. The molecule has 0 saturated heterocycles. The molecular weight excluding hydrogens is 229 g/mol. The molecular formula is C13H17F3O. The zero-order valence-corrected chi connectivity index (χ0v) is 10.2. The molecule has 0 aliphatic heterocycles. The van der Waals surface area contributed by atoms with E-state index < -0.39 is 18.7 Å². The van der Waals surface area contributed by atoms with E-state index in [1.165, 1.54) is 0 Å². The number of alkyl halides is 3. The lowest BCUT2D eigenvalue weighted by Crippen LogP contribution is -2.11. The number of aliphatic hydroxyl groups is 1. The highest BCUT2D eigenvalue weighted by Crippen LogP contribution is 2.29. The maximum absolute atomic E-state index is 12.1. The summed E-state index contributed by atoms with van der Waals surface area (Å²) in [5.74, 6) is 0. The summed E-state index contributed by atoms with van der Waals surface area (Å²) >= 11 is 0. The lowest BCUT2D eigenvalue weighted by atomic mass is 9.95. The third kappa shape index (κ3) is 4.04. The van der Waals surface area contributed by atoms with Gasteiger partial charge in [-0.15, -0.1) is 0 Å². The normalized spacial score (nSPS) is 13.8. The number of benzene rings is 1. The van der Waals surface area contributed by atoms with Crippen molar-refractivity contribution in [3.8, 4) is 0 Å². The van der Waals surface area contributed by atoms with E-state index in [9.17, 15) is 18.3 Å². The summed E-state index contributed by atoms with van der Waals surface area (Å²) in [6.45, 7) is 5.63. The van der Waals surface area contributed by atoms with Gasteiger partial charge in [-0.25, -0.2) is 0 Å². The fourth-order valence-corrected chi connectivity index (χ4v) is 1.80. The van der Waals surface area contributed by atoms with Crippen molar-refractivity contribution in [3.05, 3.63) is 34.4 Å². The number of halogens is 3. The Morgan fingerprint density at radius 3 is 2.12 bits per heavy atom. The number of aliphatic hydroxyl groups excluding tert-OH is 1. The molecule has 0 heterocycles. The van der Waals surface area contributed by atoms with Crippen LogP contribution in [0, 0.1) is 20.8 Å². The van der Waals surface area contributed by atoms with Crippen molar-refractivity contribution in [2.24, 2.45) is 0 Å². The van der Waals surface area contributed by atoms with E-state index in [0.29, 0.717) is 5.56 Å². The maximum atomic E-state index is 12.1. The molecule has 0 aromatic heterocycles. The second-order valence-corrected chi connectivity index (χ2v) is 4.46. The summed E-state index contributed by atoms with van der Waals surface area (Å²) in [5, 5.41) is 9.78. The first-order valence-corrected chi connectivity index (χ1v) is 5.53. The van der Waals surface area contributed by atoms with Crippen LogP contribution in [-0.4, -0.2) is 11.3 Å². The van der Waals surface area contributed by atoms with E-state index in [1.54, 1.807) is 13.0 Å². The zero-order chi connectivity index (χ0) is 13.2. The molecule has 17 heavy (non-hydrogen) atoms. The highest BCUT2D eigenvalue weighted by atomic mass is 19.4. The van der Waals surface area contributed by atoms with E-state index in [0.717, 1.165) is 16.7 Å². The highest BCUT2D eigenvalue weighted by Gasteiger charge is 2.28. The van der Waals surface area contributed by atoms with Crippen molar-refractivity contribution in [2.75, 3.05) is 0 Å². The zero-order valence-electron chi connectivity index (χ0n) is 10.2. The minimum absolute atomic E-state index is 0.285. The van der Waals surface area contributed by atoms with Crippen LogP contribution in [0.15, 0.2) is 12.1 Å². The second-order valence-electron chi connectivity index (χ2n) is 4.46. The van der Waals surface area contributed by atoms with Crippen molar-refractivity contribution >= 4 is 0 Å². The predicted molar refractivity (Wildman–Crippen MR) is 60.9 cm³/mol. The third-order valence-corrected chi connectivity index (χ3v) is 2.94. The summed E-state index contributed by atoms with van der Waals surface area (Å²) in [6, 6.07) is 3.66. The quantitative estimate of drug-likeness (QED) is 0.855. The molecule has 0 bridgehead atoms. The van der Waals surface area contributed by atoms with Gasteiger partial charge in [-0.2, -0.15) is 13.2 Å². The third-order valence-electron chi connectivity index (χ3n) is 2.94. The maximum Gasteiger partial charge on any atom is 0.389 e. The lowest BCUT2D eigenvalue weighted by Gasteiger charge is -2.16. The Morgan fingerprint density at radius 1 is 1.06 bits per heavy atom. The predicted octanol–water partition coefficient (Wildman–Crippen LogP) is 3.99. The molecule has 1 N–H and O–H groups in total. The molecule has 4 heteroatoms. The van der Waals surface area contributed by atoms with Crippen LogP contribution in [0.4, 0.5) is 13.2 Å². The molecule has 0 saturated carbocycles. The molecule has 0 aliphatic rings. The summed E-state index contributed by atoms with van der Waals surface area (Å²) in [6.07, 6.45) is -6.50.